The van der Waals surface area contributed by atoms with Gasteiger partial charge in [-0.05, 0) is 30.7 Å². The molecule has 1 amide bonds. The Morgan fingerprint density at radius 1 is 1.35 bits per heavy atom. The van der Waals surface area contributed by atoms with Crippen LogP contribution in [0.4, 0.5) is 0 Å². The van der Waals surface area contributed by atoms with Crippen molar-refractivity contribution in [2.24, 2.45) is 0 Å². The maximum atomic E-state index is 11.9. The third-order valence-electron chi connectivity index (χ3n) is 2.76. The number of hydrogen-bond donors (Lipinski definition) is 1. The highest BCUT2D eigenvalue weighted by molar-refractivity contribution is 6.01. The maximum absolute atomic E-state index is 11.9. The molecule has 0 saturated heterocycles. The van der Waals surface area contributed by atoms with Gasteiger partial charge < -0.3 is 9.73 Å². The summed E-state index contributed by atoms with van der Waals surface area (Å²) in [6.45, 7) is 2.24. The summed E-state index contributed by atoms with van der Waals surface area (Å²) in [4.78, 5) is 11.9. The van der Waals surface area contributed by atoms with Crippen molar-refractivity contribution in [2.45, 2.75) is 13.5 Å². The van der Waals surface area contributed by atoms with Crippen LogP contribution in [-0.4, -0.2) is 5.91 Å². The quantitative estimate of drug-likeness (QED) is 0.683. The molecule has 0 aliphatic heterocycles. The van der Waals surface area contributed by atoms with Gasteiger partial charge in [0.25, 0.3) is 5.91 Å². The van der Waals surface area contributed by atoms with Crippen molar-refractivity contribution in [1.29, 1.82) is 5.26 Å². The first kappa shape index (κ1) is 13.6. The molecule has 1 aromatic carbocycles. The molecule has 1 aromatic heterocycles. The van der Waals surface area contributed by atoms with Crippen LogP contribution in [0.5, 0.6) is 0 Å². The van der Waals surface area contributed by atoms with E-state index in [9.17, 15) is 4.79 Å². The van der Waals surface area contributed by atoms with Crippen LogP contribution in [0.3, 0.4) is 0 Å². The Morgan fingerprint density at radius 3 is 2.70 bits per heavy atom. The van der Waals surface area contributed by atoms with Crippen molar-refractivity contribution < 1.29 is 9.21 Å². The lowest BCUT2D eigenvalue weighted by molar-refractivity contribution is -0.117. The summed E-state index contributed by atoms with van der Waals surface area (Å²) in [6.07, 6.45) is 3.10. The lowest BCUT2D eigenvalue weighted by atomic mass is 10.1. The fourth-order valence-corrected chi connectivity index (χ4v) is 1.65. The number of carbonyl (C=O) groups excluding carboxylic acids is 1. The number of carbonyl (C=O) groups is 1. The topological polar surface area (TPSA) is 66.0 Å². The second kappa shape index (κ2) is 6.39. The molecule has 2 aromatic rings. The number of hydrogen-bond acceptors (Lipinski definition) is 3. The van der Waals surface area contributed by atoms with Gasteiger partial charge in [-0.1, -0.05) is 29.8 Å². The molecule has 0 radical (unpaired) electrons. The van der Waals surface area contributed by atoms with Crippen LogP contribution in [0, 0.1) is 18.3 Å². The van der Waals surface area contributed by atoms with E-state index in [1.807, 2.05) is 37.3 Å². The van der Waals surface area contributed by atoms with Gasteiger partial charge in [0.1, 0.15) is 17.4 Å². The van der Waals surface area contributed by atoms with E-state index in [4.69, 9.17) is 9.68 Å². The Bertz CT molecular complexity index is 647. The van der Waals surface area contributed by atoms with Gasteiger partial charge in [0.05, 0.1) is 12.8 Å². The van der Waals surface area contributed by atoms with Crippen molar-refractivity contribution in [3.8, 4) is 6.07 Å². The van der Waals surface area contributed by atoms with Gasteiger partial charge in [0.15, 0.2) is 0 Å². The minimum absolute atomic E-state index is 0.0698. The first-order valence-corrected chi connectivity index (χ1v) is 6.18. The number of nitriles is 1. The van der Waals surface area contributed by atoms with Crippen LogP contribution < -0.4 is 5.32 Å². The number of amides is 1. The van der Waals surface area contributed by atoms with Gasteiger partial charge in [-0.15, -0.1) is 0 Å². The molecule has 0 aliphatic rings. The average molecular weight is 266 g/mol. The first-order chi connectivity index (χ1) is 9.69. The van der Waals surface area contributed by atoms with Gasteiger partial charge in [0.2, 0.25) is 0 Å². The zero-order valence-electron chi connectivity index (χ0n) is 11.1. The van der Waals surface area contributed by atoms with E-state index in [1.54, 1.807) is 18.2 Å². The van der Waals surface area contributed by atoms with Crippen molar-refractivity contribution in [3.05, 3.63) is 65.1 Å². The average Bonchev–Trinajstić information content (AvgIpc) is 2.97. The summed E-state index contributed by atoms with van der Waals surface area (Å²) < 4.78 is 5.11. The molecule has 0 bridgehead atoms. The Labute approximate surface area is 117 Å². The van der Waals surface area contributed by atoms with E-state index in [-0.39, 0.29) is 12.1 Å². The molecule has 0 unspecified atom stereocenters. The van der Waals surface area contributed by atoms with Crippen LogP contribution in [0.25, 0.3) is 6.08 Å². The summed E-state index contributed by atoms with van der Waals surface area (Å²) in [5.74, 6) is 0.232. The molecule has 0 spiro atoms. The molecule has 2 rings (SSSR count). The van der Waals surface area contributed by atoms with Crippen molar-refractivity contribution in [3.63, 3.8) is 0 Å². The molecule has 4 heteroatoms. The Balaban J connectivity index is 2.05. The van der Waals surface area contributed by atoms with Gasteiger partial charge in [0, 0.05) is 0 Å². The molecule has 0 atom stereocenters. The second-order valence-corrected chi connectivity index (χ2v) is 4.34. The van der Waals surface area contributed by atoms with E-state index in [1.165, 1.54) is 6.26 Å². The molecule has 4 nitrogen and oxygen atoms in total. The summed E-state index contributed by atoms with van der Waals surface area (Å²) in [5.41, 5.74) is 2.02. The predicted octanol–water partition coefficient (Wildman–Crippen LogP) is 2.81. The van der Waals surface area contributed by atoms with Crippen LogP contribution >= 0.6 is 0 Å². The lowest BCUT2D eigenvalue weighted by Gasteiger charge is -2.02. The molecule has 0 fully saturated rings. The van der Waals surface area contributed by atoms with Gasteiger partial charge in [-0.3, -0.25) is 4.79 Å². The third kappa shape index (κ3) is 3.59. The highest BCUT2D eigenvalue weighted by Gasteiger charge is 2.09. The summed E-state index contributed by atoms with van der Waals surface area (Å²) in [6, 6.07) is 13.0. The van der Waals surface area contributed by atoms with Crippen molar-refractivity contribution in [2.75, 3.05) is 0 Å². The fourth-order valence-electron chi connectivity index (χ4n) is 1.65. The normalized spacial score (nSPS) is 10.9. The Hall–Kier alpha value is -2.80. The minimum Gasteiger partial charge on any atom is -0.467 e. The van der Waals surface area contributed by atoms with Crippen LogP contribution in [0.1, 0.15) is 16.9 Å². The number of aryl methyl sites for hydroxylation is 1. The van der Waals surface area contributed by atoms with Crippen molar-refractivity contribution >= 4 is 12.0 Å². The SMILES string of the molecule is Cc1ccc(/C=C(/C#N)C(=O)NCc2ccco2)cc1. The van der Waals surface area contributed by atoms with Crippen LogP contribution in [0.2, 0.25) is 0 Å². The third-order valence-corrected chi connectivity index (χ3v) is 2.76. The molecule has 100 valence electrons. The zero-order valence-corrected chi connectivity index (χ0v) is 11.1. The number of nitrogens with one attached hydrogen (secondary N) is 1. The van der Waals surface area contributed by atoms with E-state index in [0.29, 0.717) is 5.76 Å². The number of nitrogens with zero attached hydrogens (tertiary/aromatic N) is 1. The largest absolute Gasteiger partial charge is 0.467 e. The summed E-state index contributed by atoms with van der Waals surface area (Å²) >= 11 is 0. The van der Waals surface area contributed by atoms with E-state index in [2.05, 4.69) is 5.32 Å². The minimum atomic E-state index is -0.413. The first-order valence-electron chi connectivity index (χ1n) is 6.18. The molecule has 0 aliphatic carbocycles. The van der Waals surface area contributed by atoms with Gasteiger partial charge in [-0.25, -0.2) is 0 Å². The lowest BCUT2D eigenvalue weighted by Crippen LogP contribution is -2.23. The molecule has 20 heavy (non-hydrogen) atoms. The highest BCUT2D eigenvalue weighted by atomic mass is 16.3. The fraction of sp³-hybridized carbons (Fsp3) is 0.125. The van der Waals surface area contributed by atoms with Gasteiger partial charge >= 0.3 is 0 Å². The van der Waals surface area contributed by atoms with Crippen LogP contribution in [-0.2, 0) is 11.3 Å². The number of rotatable bonds is 4. The molecular formula is C16H14N2O2. The monoisotopic (exact) mass is 266 g/mol. The molecule has 0 saturated carbocycles. The van der Waals surface area contributed by atoms with E-state index >= 15 is 0 Å². The smallest absolute Gasteiger partial charge is 0.262 e. The number of benzene rings is 1. The zero-order chi connectivity index (χ0) is 14.4. The Kier molecular flexibility index (Phi) is 4.35. The van der Waals surface area contributed by atoms with Gasteiger partial charge in [-0.2, -0.15) is 5.26 Å². The summed E-state index contributed by atoms with van der Waals surface area (Å²) in [5, 5.41) is 11.7. The molecule has 1 heterocycles. The second-order valence-electron chi connectivity index (χ2n) is 4.34. The molecular weight excluding hydrogens is 252 g/mol. The van der Waals surface area contributed by atoms with Crippen LogP contribution in [0.15, 0.2) is 52.7 Å². The standard InChI is InChI=1S/C16H14N2O2/c1-12-4-6-13(7-5-12)9-14(10-17)16(19)18-11-15-3-2-8-20-15/h2-9H,11H2,1H3,(H,18,19)/b14-9-. The number of furan rings is 1. The molecule has 1 N–H and O–H groups in total. The highest BCUT2D eigenvalue weighted by Crippen LogP contribution is 2.09. The predicted molar refractivity (Wildman–Crippen MR) is 75.3 cm³/mol. The Morgan fingerprint density at radius 2 is 2.10 bits per heavy atom. The maximum Gasteiger partial charge on any atom is 0.262 e. The van der Waals surface area contributed by atoms with E-state index in [0.717, 1.165) is 11.1 Å². The van der Waals surface area contributed by atoms with E-state index < -0.39 is 5.91 Å². The van der Waals surface area contributed by atoms with Crippen molar-refractivity contribution in [1.82, 2.24) is 5.32 Å². The summed E-state index contributed by atoms with van der Waals surface area (Å²) in [7, 11) is 0.